The second kappa shape index (κ2) is 10.5. The van der Waals surface area contributed by atoms with E-state index in [2.05, 4.69) is 53.1 Å². The number of carbonyl (C=O) groups excluding carboxylic acids is 1. The summed E-state index contributed by atoms with van der Waals surface area (Å²) in [5.74, 6) is 1.15. The number of H-pyrrole nitrogens is 1. The quantitative estimate of drug-likeness (QED) is 0.309. The zero-order chi connectivity index (χ0) is 28.8. The van der Waals surface area contributed by atoms with E-state index in [1.807, 2.05) is 24.3 Å². The van der Waals surface area contributed by atoms with Crippen molar-refractivity contribution >= 4 is 16.8 Å². The number of benzene rings is 3. The molecular weight excluding hydrogens is 517 g/mol. The van der Waals surface area contributed by atoms with Gasteiger partial charge in [-0.1, -0.05) is 36.4 Å². The number of fused-ring (bicyclic) bond motifs is 4. The highest BCUT2D eigenvalue weighted by Crippen LogP contribution is 2.53. The molecule has 3 aromatic carbocycles. The molecule has 6 rings (SSSR count). The monoisotopic (exact) mass is 555 g/mol. The minimum absolute atomic E-state index is 0.102. The van der Waals surface area contributed by atoms with E-state index in [0.717, 1.165) is 54.4 Å². The van der Waals surface area contributed by atoms with Crippen LogP contribution in [0, 0.1) is 5.82 Å². The van der Waals surface area contributed by atoms with Gasteiger partial charge < -0.3 is 19.4 Å². The Morgan fingerprint density at radius 2 is 1.71 bits per heavy atom. The van der Waals surface area contributed by atoms with E-state index in [1.54, 1.807) is 26.4 Å². The molecule has 41 heavy (non-hydrogen) atoms. The molecule has 0 bridgehead atoms. The first-order valence-electron chi connectivity index (χ1n) is 14.4. The molecule has 0 radical (unpaired) electrons. The SMILES string of the molecule is COc1ccc(CC(=O)N2CCc3c4ccccc4[nH]c3[C@]23CC[C@](c2cccc(F)c2)(N(C)C)CC3)cc1OC. The lowest BCUT2D eigenvalue weighted by atomic mass is 9.65. The van der Waals surface area contributed by atoms with E-state index in [-0.39, 0.29) is 23.7 Å². The Kier molecular flexibility index (Phi) is 7.02. The van der Waals surface area contributed by atoms with Gasteiger partial charge in [-0.3, -0.25) is 9.69 Å². The summed E-state index contributed by atoms with van der Waals surface area (Å²) >= 11 is 0. The number of carbonyl (C=O) groups is 1. The third-order valence-corrected chi connectivity index (χ3v) is 9.61. The van der Waals surface area contributed by atoms with E-state index in [0.29, 0.717) is 18.0 Å². The van der Waals surface area contributed by atoms with Crippen LogP contribution in [0.5, 0.6) is 11.5 Å². The van der Waals surface area contributed by atoms with Crippen molar-refractivity contribution in [3.05, 3.63) is 94.9 Å². The van der Waals surface area contributed by atoms with Gasteiger partial charge in [0, 0.05) is 28.7 Å². The van der Waals surface area contributed by atoms with Crippen LogP contribution in [0.3, 0.4) is 0 Å². The van der Waals surface area contributed by atoms with Gasteiger partial charge in [0.25, 0.3) is 0 Å². The first-order valence-corrected chi connectivity index (χ1v) is 14.4. The first-order chi connectivity index (χ1) is 19.8. The standard InChI is InChI=1S/C34H38FN3O3/c1-37(2)33(24-8-7-9-25(35)22-24)15-17-34(18-16-33)32-27(26-10-5-6-11-28(26)36-32)14-19-38(34)31(39)21-23-12-13-29(40-3)30(20-23)41-4/h5-13,20,22,36H,14-19,21H2,1-4H3/t33-,34+. The summed E-state index contributed by atoms with van der Waals surface area (Å²) < 4.78 is 25.3. The fourth-order valence-corrected chi connectivity index (χ4v) is 7.42. The maximum absolute atomic E-state index is 14.4. The number of para-hydroxylation sites is 1. The summed E-state index contributed by atoms with van der Waals surface area (Å²) in [7, 11) is 7.38. The molecule has 4 aromatic rings. The number of nitrogens with zero attached hydrogens (tertiary/aromatic N) is 2. The number of hydrogen-bond acceptors (Lipinski definition) is 4. The lowest BCUT2D eigenvalue weighted by Crippen LogP contribution is -2.58. The Balaban J connectivity index is 1.40. The van der Waals surface area contributed by atoms with Gasteiger partial charge in [0.1, 0.15) is 5.82 Å². The number of methoxy groups -OCH3 is 2. The molecule has 1 aromatic heterocycles. The lowest BCUT2D eigenvalue weighted by Gasteiger charge is -2.55. The van der Waals surface area contributed by atoms with Crippen LogP contribution in [-0.2, 0) is 28.7 Å². The Morgan fingerprint density at radius 3 is 2.41 bits per heavy atom. The van der Waals surface area contributed by atoms with Crippen LogP contribution in [-0.4, -0.2) is 55.6 Å². The zero-order valence-corrected chi connectivity index (χ0v) is 24.3. The summed E-state index contributed by atoms with van der Waals surface area (Å²) in [5, 5.41) is 1.24. The second-order valence-electron chi connectivity index (χ2n) is 11.7. The summed E-state index contributed by atoms with van der Waals surface area (Å²) in [4.78, 5) is 22.3. The molecule has 1 spiro atoms. The highest BCUT2D eigenvalue weighted by Gasteiger charge is 2.53. The molecule has 6 nitrogen and oxygen atoms in total. The normalized spacial score (nSPS) is 22.2. The number of hydrogen-bond donors (Lipinski definition) is 1. The second-order valence-corrected chi connectivity index (χ2v) is 11.7. The molecular formula is C34H38FN3O3. The van der Waals surface area contributed by atoms with Gasteiger partial charge in [-0.2, -0.15) is 0 Å². The van der Waals surface area contributed by atoms with E-state index < -0.39 is 5.54 Å². The maximum atomic E-state index is 14.4. The van der Waals surface area contributed by atoms with Crippen LogP contribution in [0.4, 0.5) is 4.39 Å². The van der Waals surface area contributed by atoms with Gasteiger partial charge in [0.2, 0.25) is 5.91 Å². The molecule has 2 heterocycles. The molecule has 0 unspecified atom stereocenters. The highest BCUT2D eigenvalue weighted by molar-refractivity contribution is 5.87. The summed E-state index contributed by atoms with van der Waals surface area (Å²) in [6, 6.07) is 21.1. The maximum Gasteiger partial charge on any atom is 0.227 e. The average Bonchev–Trinajstić information content (AvgIpc) is 3.37. The number of amides is 1. The first kappa shape index (κ1) is 27.3. The fraction of sp³-hybridized carbons (Fsp3) is 0.382. The third kappa shape index (κ3) is 4.47. The number of aromatic amines is 1. The predicted octanol–water partition coefficient (Wildman–Crippen LogP) is 6.18. The topological polar surface area (TPSA) is 57.8 Å². The van der Waals surface area contributed by atoms with Crippen LogP contribution in [0.25, 0.3) is 10.9 Å². The average molecular weight is 556 g/mol. The van der Waals surface area contributed by atoms with Crippen molar-refractivity contribution < 1.29 is 18.7 Å². The largest absolute Gasteiger partial charge is 0.493 e. The highest BCUT2D eigenvalue weighted by atomic mass is 19.1. The van der Waals surface area contributed by atoms with Crippen LogP contribution >= 0.6 is 0 Å². The predicted molar refractivity (Wildman–Crippen MR) is 159 cm³/mol. The molecule has 1 amide bonds. The Bertz CT molecular complexity index is 1590. The smallest absolute Gasteiger partial charge is 0.227 e. The fourth-order valence-electron chi connectivity index (χ4n) is 7.42. The summed E-state index contributed by atoms with van der Waals surface area (Å²) in [5.41, 5.74) is 4.70. The molecule has 1 fully saturated rings. The van der Waals surface area contributed by atoms with Gasteiger partial charge in [-0.05, 0) is 93.2 Å². The van der Waals surface area contributed by atoms with E-state index in [4.69, 9.17) is 9.47 Å². The van der Waals surface area contributed by atoms with Crippen molar-refractivity contribution in [2.45, 2.75) is 49.6 Å². The molecule has 1 N–H and O–H groups in total. The van der Waals surface area contributed by atoms with Crippen molar-refractivity contribution in [2.24, 2.45) is 0 Å². The third-order valence-electron chi connectivity index (χ3n) is 9.61. The van der Waals surface area contributed by atoms with Crippen molar-refractivity contribution in [1.82, 2.24) is 14.8 Å². The molecule has 1 aliphatic heterocycles. The molecule has 7 heteroatoms. The van der Waals surface area contributed by atoms with E-state index in [9.17, 15) is 9.18 Å². The Morgan fingerprint density at radius 1 is 0.951 bits per heavy atom. The number of rotatable bonds is 6. The van der Waals surface area contributed by atoms with Gasteiger partial charge in [0.05, 0.1) is 26.2 Å². The number of ether oxygens (including phenoxy) is 2. The van der Waals surface area contributed by atoms with Gasteiger partial charge in [-0.15, -0.1) is 0 Å². The molecule has 1 aliphatic carbocycles. The zero-order valence-electron chi connectivity index (χ0n) is 24.3. The van der Waals surface area contributed by atoms with Crippen molar-refractivity contribution in [3.63, 3.8) is 0 Å². The van der Waals surface area contributed by atoms with Crippen molar-refractivity contribution in [1.29, 1.82) is 0 Å². The summed E-state index contributed by atoms with van der Waals surface area (Å²) in [6.45, 7) is 0.663. The van der Waals surface area contributed by atoms with Crippen molar-refractivity contribution in [3.8, 4) is 11.5 Å². The van der Waals surface area contributed by atoms with Crippen LogP contribution in [0.2, 0.25) is 0 Å². The lowest BCUT2D eigenvalue weighted by molar-refractivity contribution is -0.142. The van der Waals surface area contributed by atoms with Crippen LogP contribution in [0.15, 0.2) is 66.7 Å². The molecule has 214 valence electrons. The minimum Gasteiger partial charge on any atom is -0.493 e. The number of aromatic nitrogens is 1. The minimum atomic E-state index is -0.465. The Hall–Kier alpha value is -3.84. The van der Waals surface area contributed by atoms with Gasteiger partial charge >= 0.3 is 0 Å². The summed E-state index contributed by atoms with van der Waals surface area (Å²) in [6.07, 6.45) is 4.25. The number of halogens is 1. The van der Waals surface area contributed by atoms with Crippen LogP contribution in [0.1, 0.15) is 48.1 Å². The van der Waals surface area contributed by atoms with E-state index >= 15 is 0 Å². The Labute approximate surface area is 241 Å². The van der Waals surface area contributed by atoms with Crippen LogP contribution < -0.4 is 9.47 Å². The van der Waals surface area contributed by atoms with E-state index in [1.165, 1.54) is 17.0 Å². The molecule has 1 saturated carbocycles. The van der Waals surface area contributed by atoms with Crippen molar-refractivity contribution in [2.75, 3.05) is 34.9 Å². The number of nitrogens with one attached hydrogen (secondary N) is 1. The molecule has 2 aliphatic rings. The van der Waals surface area contributed by atoms with Gasteiger partial charge in [-0.25, -0.2) is 4.39 Å². The molecule has 0 saturated heterocycles. The molecule has 0 atom stereocenters. The van der Waals surface area contributed by atoms with Gasteiger partial charge in [0.15, 0.2) is 11.5 Å².